The largest absolute Gasteiger partial charge is 0.122 e. The van der Waals surface area contributed by atoms with Crippen molar-refractivity contribution in [3.05, 3.63) is 47.5 Å². The average molecular weight is 247 g/mol. The molecule has 0 saturated heterocycles. The van der Waals surface area contributed by atoms with E-state index < -0.39 is 0 Å². The minimum Gasteiger partial charge on any atom is -0.122 e. The van der Waals surface area contributed by atoms with Gasteiger partial charge in [0.1, 0.15) is 0 Å². The predicted octanol–water partition coefficient (Wildman–Crippen LogP) is 4.64. The quantitative estimate of drug-likeness (QED) is 0.414. The van der Waals surface area contributed by atoms with Crippen molar-refractivity contribution < 1.29 is 0 Å². The standard InChI is InChI=1S/C16H19Cl/c1-14(10-12-17)13-16(2,3)11-9-15-7-5-4-6-8-15/h4-8,10H,12-13H2,1-3H3/b14-10-. The monoisotopic (exact) mass is 246 g/mol. The molecular weight excluding hydrogens is 228 g/mol. The zero-order valence-corrected chi connectivity index (χ0v) is 11.5. The van der Waals surface area contributed by atoms with Crippen LogP contribution in [0.4, 0.5) is 0 Å². The lowest BCUT2D eigenvalue weighted by atomic mass is 9.86. The second kappa shape index (κ2) is 6.52. The number of hydrogen-bond acceptors (Lipinski definition) is 0. The molecule has 1 heteroatoms. The van der Waals surface area contributed by atoms with E-state index >= 15 is 0 Å². The van der Waals surface area contributed by atoms with Gasteiger partial charge in [0.15, 0.2) is 0 Å². The smallest absolute Gasteiger partial charge is 0.0406 e. The summed E-state index contributed by atoms with van der Waals surface area (Å²) in [5.74, 6) is 7.13. The van der Waals surface area contributed by atoms with Crippen LogP contribution in [0.15, 0.2) is 42.0 Å². The highest BCUT2D eigenvalue weighted by atomic mass is 35.5. The maximum Gasteiger partial charge on any atom is 0.0406 e. The topological polar surface area (TPSA) is 0 Å². The van der Waals surface area contributed by atoms with Crippen molar-refractivity contribution >= 4 is 11.6 Å². The van der Waals surface area contributed by atoms with Gasteiger partial charge in [-0.1, -0.05) is 41.7 Å². The molecule has 0 N–H and O–H groups in total. The average Bonchev–Trinajstić information content (AvgIpc) is 2.27. The molecule has 0 unspecified atom stereocenters. The van der Waals surface area contributed by atoms with Gasteiger partial charge in [-0.25, -0.2) is 0 Å². The van der Waals surface area contributed by atoms with E-state index in [1.807, 2.05) is 36.4 Å². The van der Waals surface area contributed by atoms with Gasteiger partial charge < -0.3 is 0 Å². The van der Waals surface area contributed by atoms with E-state index in [9.17, 15) is 0 Å². The molecule has 0 radical (unpaired) electrons. The van der Waals surface area contributed by atoms with Gasteiger partial charge in [-0.2, -0.15) is 0 Å². The minimum atomic E-state index is -0.0114. The highest BCUT2D eigenvalue weighted by Gasteiger charge is 2.14. The number of allylic oxidation sites excluding steroid dienone is 2. The molecule has 0 aliphatic carbocycles. The molecule has 1 rings (SSSR count). The van der Waals surface area contributed by atoms with Gasteiger partial charge in [0.05, 0.1) is 0 Å². The fourth-order valence-electron chi connectivity index (χ4n) is 1.71. The molecule has 0 saturated carbocycles. The number of benzene rings is 1. The first-order valence-electron chi connectivity index (χ1n) is 5.83. The van der Waals surface area contributed by atoms with Crippen LogP contribution in [0.2, 0.25) is 0 Å². The van der Waals surface area contributed by atoms with Crippen LogP contribution in [-0.2, 0) is 0 Å². The van der Waals surface area contributed by atoms with Gasteiger partial charge in [0.25, 0.3) is 0 Å². The van der Waals surface area contributed by atoms with Crippen LogP contribution in [0.25, 0.3) is 0 Å². The summed E-state index contributed by atoms with van der Waals surface area (Å²) in [7, 11) is 0. The van der Waals surface area contributed by atoms with E-state index in [4.69, 9.17) is 11.6 Å². The number of hydrogen-bond donors (Lipinski definition) is 0. The van der Waals surface area contributed by atoms with E-state index in [1.165, 1.54) is 5.57 Å². The molecule has 0 atom stereocenters. The van der Waals surface area contributed by atoms with Crippen LogP contribution in [0, 0.1) is 17.3 Å². The maximum atomic E-state index is 5.69. The number of alkyl halides is 1. The van der Waals surface area contributed by atoms with Crippen LogP contribution >= 0.6 is 11.6 Å². The van der Waals surface area contributed by atoms with E-state index in [-0.39, 0.29) is 5.41 Å². The first-order chi connectivity index (χ1) is 8.03. The van der Waals surface area contributed by atoms with Gasteiger partial charge in [0.2, 0.25) is 0 Å². The Bertz CT molecular complexity index is 430. The Hall–Kier alpha value is -1.19. The Balaban J connectivity index is 2.73. The summed E-state index contributed by atoms with van der Waals surface area (Å²) in [5.41, 5.74) is 2.36. The Labute approximate surface area is 110 Å². The summed E-state index contributed by atoms with van der Waals surface area (Å²) >= 11 is 5.69. The fourth-order valence-corrected chi connectivity index (χ4v) is 1.97. The third-order valence-electron chi connectivity index (χ3n) is 2.47. The number of rotatable bonds is 3. The molecule has 1 aromatic carbocycles. The molecule has 0 bridgehead atoms. The molecule has 0 amide bonds. The van der Waals surface area contributed by atoms with Crippen molar-refractivity contribution in [1.29, 1.82) is 0 Å². The van der Waals surface area contributed by atoms with Crippen molar-refractivity contribution in [2.24, 2.45) is 5.41 Å². The van der Waals surface area contributed by atoms with Crippen molar-refractivity contribution in [3.63, 3.8) is 0 Å². The highest BCUT2D eigenvalue weighted by Crippen LogP contribution is 2.24. The summed E-state index contributed by atoms with van der Waals surface area (Å²) in [6, 6.07) is 10.1. The Morgan fingerprint density at radius 1 is 1.29 bits per heavy atom. The Kier molecular flexibility index (Phi) is 5.32. The summed E-state index contributed by atoms with van der Waals surface area (Å²) in [6.45, 7) is 6.43. The lowest BCUT2D eigenvalue weighted by molar-refractivity contribution is 0.498. The SMILES string of the molecule is C/C(=C/CCl)CC(C)(C)C#Cc1ccccc1. The van der Waals surface area contributed by atoms with Crippen molar-refractivity contribution in [2.75, 3.05) is 5.88 Å². The lowest BCUT2D eigenvalue weighted by Crippen LogP contribution is -2.08. The molecule has 0 fully saturated rings. The van der Waals surface area contributed by atoms with E-state index in [1.54, 1.807) is 0 Å². The third-order valence-corrected chi connectivity index (χ3v) is 2.62. The van der Waals surface area contributed by atoms with Gasteiger partial charge in [-0.05, 0) is 39.3 Å². The molecule has 0 heterocycles. The van der Waals surface area contributed by atoms with Crippen LogP contribution < -0.4 is 0 Å². The third kappa shape index (κ3) is 5.61. The maximum absolute atomic E-state index is 5.69. The van der Waals surface area contributed by atoms with E-state index in [0.717, 1.165) is 12.0 Å². The zero-order chi connectivity index (χ0) is 12.7. The van der Waals surface area contributed by atoms with Gasteiger partial charge in [-0.15, -0.1) is 11.6 Å². The number of halogens is 1. The highest BCUT2D eigenvalue weighted by molar-refractivity contribution is 6.18. The molecule has 0 aromatic heterocycles. The lowest BCUT2D eigenvalue weighted by Gasteiger charge is -2.17. The molecule has 90 valence electrons. The summed E-state index contributed by atoms with van der Waals surface area (Å²) in [6.07, 6.45) is 3.01. The first-order valence-corrected chi connectivity index (χ1v) is 6.37. The second-order valence-corrected chi connectivity index (χ2v) is 5.19. The van der Waals surface area contributed by atoms with Gasteiger partial charge in [-0.3, -0.25) is 0 Å². The normalized spacial score (nSPS) is 11.9. The van der Waals surface area contributed by atoms with E-state index in [0.29, 0.717) is 5.88 Å². The molecule has 0 nitrogen and oxygen atoms in total. The van der Waals surface area contributed by atoms with E-state index in [2.05, 4.69) is 32.6 Å². The summed E-state index contributed by atoms with van der Waals surface area (Å²) < 4.78 is 0. The van der Waals surface area contributed by atoms with Crippen LogP contribution in [0.3, 0.4) is 0 Å². The van der Waals surface area contributed by atoms with Crippen LogP contribution in [0.1, 0.15) is 32.8 Å². The van der Waals surface area contributed by atoms with Gasteiger partial charge in [0, 0.05) is 16.9 Å². The van der Waals surface area contributed by atoms with Crippen LogP contribution in [0.5, 0.6) is 0 Å². The predicted molar refractivity (Wildman–Crippen MR) is 76.2 cm³/mol. The van der Waals surface area contributed by atoms with Crippen molar-refractivity contribution in [2.45, 2.75) is 27.2 Å². The van der Waals surface area contributed by atoms with Gasteiger partial charge >= 0.3 is 0 Å². The molecule has 0 aliphatic heterocycles. The molecule has 1 aromatic rings. The summed E-state index contributed by atoms with van der Waals surface area (Å²) in [4.78, 5) is 0. The minimum absolute atomic E-state index is 0.0114. The van der Waals surface area contributed by atoms with Crippen molar-refractivity contribution in [3.8, 4) is 11.8 Å². The first kappa shape index (κ1) is 13.9. The Morgan fingerprint density at radius 3 is 2.53 bits per heavy atom. The summed E-state index contributed by atoms with van der Waals surface area (Å²) in [5, 5.41) is 0. The van der Waals surface area contributed by atoms with Crippen LogP contribution in [-0.4, -0.2) is 5.88 Å². The molecule has 17 heavy (non-hydrogen) atoms. The Morgan fingerprint density at radius 2 is 1.94 bits per heavy atom. The fraction of sp³-hybridized carbons (Fsp3) is 0.375. The molecule has 0 spiro atoms. The second-order valence-electron chi connectivity index (χ2n) is 4.88. The molecule has 0 aliphatic rings. The zero-order valence-electron chi connectivity index (χ0n) is 10.8. The van der Waals surface area contributed by atoms with Crippen molar-refractivity contribution in [1.82, 2.24) is 0 Å². The molecular formula is C16H19Cl.